The minimum absolute atomic E-state index is 0.121. The van der Waals surface area contributed by atoms with Crippen molar-refractivity contribution in [1.29, 1.82) is 0 Å². The molecule has 0 amide bonds. The highest BCUT2D eigenvalue weighted by Gasteiger charge is 2.28. The summed E-state index contributed by atoms with van der Waals surface area (Å²) in [7, 11) is -0.243. The molecule has 0 heterocycles. The fourth-order valence-electron chi connectivity index (χ4n) is 2.39. The zero-order valence-electron chi connectivity index (χ0n) is 12.0. The van der Waals surface area contributed by atoms with E-state index >= 15 is 0 Å². The third-order valence-corrected chi connectivity index (χ3v) is 12.6. The summed E-state index contributed by atoms with van der Waals surface area (Å²) in [5, 5.41) is 0. The molecule has 0 aliphatic carbocycles. The lowest BCUT2D eigenvalue weighted by atomic mass is 10.5. The molecule has 2 radical (unpaired) electrons. The number of hydrogen-bond donors (Lipinski definition) is 0. The predicted octanol–water partition coefficient (Wildman–Crippen LogP) is 5.16. The van der Waals surface area contributed by atoms with E-state index in [1.165, 1.54) is 0 Å². The smallest absolute Gasteiger partial charge is 0.0504 e. The topological polar surface area (TPSA) is 0 Å². The Morgan fingerprint density at radius 2 is 0.733 bits per heavy atom. The summed E-state index contributed by atoms with van der Waals surface area (Å²) in [5.74, 6) is 0. The Balaban J connectivity index is 4.48. The Kier molecular flexibility index (Phi) is 7.10. The quantitative estimate of drug-likeness (QED) is 0.565. The SMILES string of the molecule is CC(C)[Si](C[Si](C(C)C)C(C)C)C(C)C. The summed E-state index contributed by atoms with van der Waals surface area (Å²) in [6.45, 7) is 19.5. The average molecular weight is 243 g/mol. The Morgan fingerprint density at radius 3 is 0.867 bits per heavy atom. The van der Waals surface area contributed by atoms with E-state index in [9.17, 15) is 0 Å². The lowest BCUT2D eigenvalue weighted by Gasteiger charge is -2.31. The van der Waals surface area contributed by atoms with Crippen LogP contribution in [0.4, 0.5) is 0 Å². The molecule has 0 aliphatic rings. The van der Waals surface area contributed by atoms with Crippen LogP contribution in [0, 0.1) is 0 Å². The van der Waals surface area contributed by atoms with E-state index in [1.54, 1.807) is 5.67 Å². The van der Waals surface area contributed by atoms with Crippen LogP contribution in [0.3, 0.4) is 0 Å². The van der Waals surface area contributed by atoms with E-state index in [4.69, 9.17) is 0 Å². The van der Waals surface area contributed by atoms with Gasteiger partial charge in [-0.3, -0.25) is 0 Å². The van der Waals surface area contributed by atoms with Gasteiger partial charge < -0.3 is 0 Å². The van der Waals surface area contributed by atoms with Gasteiger partial charge in [-0.15, -0.1) is 0 Å². The highest BCUT2D eigenvalue weighted by atomic mass is 28.3. The molecule has 0 aromatic rings. The van der Waals surface area contributed by atoms with E-state index in [1.807, 2.05) is 0 Å². The van der Waals surface area contributed by atoms with Crippen molar-refractivity contribution >= 4 is 17.6 Å². The Bertz CT molecular complexity index is 128. The lowest BCUT2D eigenvalue weighted by Crippen LogP contribution is -2.32. The van der Waals surface area contributed by atoms with Gasteiger partial charge in [0, 0.05) is 0 Å². The largest absolute Gasteiger partial charge is 0.0654 e. The van der Waals surface area contributed by atoms with Crippen molar-refractivity contribution in [2.75, 3.05) is 0 Å². The first kappa shape index (κ1) is 15.4. The van der Waals surface area contributed by atoms with Crippen molar-refractivity contribution in [3.05, 3.63) is 0 Å². The molecule has 0 unspecified atom stereocenters. The summed E-state index contributed by atoms with van der Waals surface area (Å²) in [6, 6.07) is 0. The second kappa shape index (κ2) is 6.90. The van der Waals surface area contributed by atoms with Crippen LogP contribution < -0.4 is 0 Å². The lowest BCUT2D eigenvalue weighted by molar-refractivity contribution is 0.906. The standard InChI is InChI=1S/C13H30Si2/c1-10(2)14(11(3)4)9-15(12(5)6)13(7)8/h10-13H,9H2,1-8H3. The number of hydrogen-bond acceptors (Lipinski definition) is 0. The van der Waals surface area contributed by atoms with Crippen LogP contribution in [-0.2, 0) is 0 Å². The molecule has 2 heteroatoms. The van der Waals surface area contributed by atoms with Gasteiger partial charge >= 0.3 is 0 Å². The summed E-state index contributed by atoms with van der Waals surface area (Å²) >= 11 is 0. The molecular formula is C13H30Si2. The predicted molar refractivity (Wildman–Crippen MR) is 76.7 cm³/mol. The average Bonchev–Trinajstić information content (AvgIpc) is 2.01. The van der Waals surface area contributed by atoms with Crippen molar-refractivity contribution in [3.8, 4) is 0 Å². The Morgan fingerprint density at radius 1 is 0.533 bits per heavy atom. The van der Waals surface area contributed by atoms with Gasteiger partial charge in [0.05, 0.1) is 17.6 Å². The molecule has 90 valence electrons. The third kappa shape index (κ3) is 5.34. The highest BCUT2D eigenvalue weighted by Crippen LogP contribution is 2.31. The minimum Gasteiger partial charge on any atom is -0.0654 e. The van der Waals surface area contributed by atoms with Crippen LogP contribution in [0.1, 0.15) is 55.4 Å². The molecule has 15 heavy (non-hydrogen) atoms. The van der Waals surface area contributed by atoms with Crippen LogP contribution in [0.5, 0.6) is 0 Å². The molecular weight excluding hydrogens is 212 g/mol. The third-order valence-electron chi connectivity index (χ3n) is 3.37. The van der Waals surface area contributed by atoms with Crippen molar-refractivity contribution in [3.63, 3.8) is 0 Å². The maximum absolute atomic E-state index is 2.44. The summed E-state index contributed by atoms with van der Waals surface area (Å²) < 4.78 is 0. The van der Waals surface area contributed by atoms with Gasteiger partial charge in [0.1, 0.15) is 0 Å². The summed E-state index contributed by atoms with van der Waals surface area (Å²) in [5.41, 5.74) is 5.42. The first-order valence-corrected chi connectivity index (χ1v) is 10.2. The second-order valence-corrected chi connectivity index (χ2v) is 14.3. The van der Waals surface area contributed by atoms with Gasteiger partial charge in [0.25, 0.3) is 0 Å². The molecule has 0 rings (SSSR count). The zero-order chi connectivity index (χ0) is 12.2. The van der Waals surface area contributed by atoms with Crippen molar-refractivity contribution in [2.45, 2.75) is 83.2 Å². The maximum Gasteiger partial charge on any atom is 0.0504 e. The highest BCUT2D eigenvalue weighted by molar-refractivity contribution is 6.80. The molecule has 0 spiro atoms. The van der Waals surface area contributed by atoms with Crippen molar-refractivity contribution in [1.82, 2.24) is 0 Å². The van der Waals surface area contributed by atoms with Gasteiger partial charge in [-0.05, 0) is 0 Å². The maximum atomic E-state index is 2.44. The molecule has 0 saturated carbocycles. The molecule has 0 atom stereocenters. The molecule has 0 aromatic heterocycles. The molecule has 0 nitrogen and oxygen atoms in total. The van der Waals surface area contributed by atoms with Gasteiger partial charge in [-0.2, -0.15) is 0 Å². The zero-order valence-corrected chi connectivity index (χ0v) is 14.0. The summed E-state index contributed by atoms with van der Waals surface area (Å²) in [6.07, 6.45) is 0. The Labute approximate surface area is 101 Å². The van der Waals surface area contributed by atoms with Gasteiger partial charge in [0.15, 0.2) is 0 Å². The molecule has 0 bridgehead atoms. The van der Waals surface area contributed by atoms with E-state index in [0.717, 1.165) is 22.2 Å². The van der Waals surface area contributed by atoms with E-state index in [0.29, 0.717) is 0 Å². The fourth-order valence-corrected chi connectivity index (χ4v) is 13.5. The van der Waals surface area contributed by atoms with E-state index < -0.39 is 0 Å². The van der Waals surface area contributed by atoms with Crippen molar-refractivity contribution in [2.24, 2.45) is 0 Å². The van der Waals surface area contributed by atoms with Crippen LogP contribution in [0.25, 0.3) is 0 Å². The number of rotatable bonds is 6. The van der Waals surface area contributed by atoms with Crippen LogP contribution >= 0.6 is 0 Å². The first-order chi connectivity index (χ1) is 6.77. The van der Waals surface area contributed by atoms with Crippen LogP contribution in [0.2, 0.25) is 27.8 Å². The van der Waals surface area contributed by atoms with E-state index in [2.05, 4.69) is 55.4 Å². The Hall–Kier alpha value is 0.434. The minimum atomic E-state index is -0.121. The molecule has 0 saturated heterocycles. The first-order valence-electron chi connectivity index (χ1n) is 6.48. The van der Waals surface area contributed by atoms with Gasteiger partial charge in [-0.1, -0.05) is 83.2 Å². The normalized spacial score (nSPS) is 13.2. The molecule has 0 aliphatic heterocycles. The fraction of sp³-hybridized carbons (Fsp3) is 1.00. The molecule has 0 aromatic carbocycles. The summed E-state index contributed by atoms with van der Waals surface area (Å²) in [4.78, 5) is 0. The van der Waals surface area contributed by atoms with Gasteiger partial charge in [-0.25, -0.2) is 0 Å². The molecule has 0 fully saturated rings. The van der Waals surface area contributed by atoms with Crippen LogP contribution in [-0.4, -0.2) is 17.6 Å². The second-order valence-electron chi connectivity index (χ2n) is 5.95. The van der Waals surface area contributed by atoms with E-state index in [-0.39, 0.29) is 17.6 Å². The van der Waals surface area contributed by atoms with Crippen LogP contribution in [0.15, 0.2) is 0 Å². The van der Waals surface area contributed by atoms with Crippen molar-refractivity contribution < 1.29 is 0 Å². The monoisotopic (exact) mass is 242 g/mol. The molecule has 0 N–H and O–H groups in total. The van der Waals surface area contributed by atoms with Gasteiger partial charge in [0.2, 0.25) is 0 Å².